The van der Waals surface area contributed by atoms with Gasteiger partial charge < -0.3 is 4.74 Å². The third-order valence-electron chi connectivity index (χ3n) is 2.22. The molecular weight excluding hydrogens is 327 g/mol. The van der Waals surface area contributed by atoms with Crippen LogP contribution in [-0.4, -0.2) is 38.3 Å². The molecule has 0 spiro atoms. The minimum absolute atomic E-state index is 0.00611. The van der Waals surface area contributed by atoms with Crippen LogP contribution in [-0.2, 0) is 19.4 Å². The summed E-state index contributed by atoms with van der Waals surface area (Å²) < 4.78 is 27.9. The number of ether oxygens (including phenoxy) is 1. The van der Waals surface area contributed by atoms with Gasteiger partial charge in [0.1, 0.15) is 11.5 Å². The number of ketones is 1. The number of carbonyl (C=O) groups is 2. The first-order valence-electron chi connectivity index (χ1n) is 5.59. The molecule has 0 aromatic heterocycles. The molecule has 0 atom stereocenters. The molecule has 0 amide bonds. The molecule has 8 heteroatoms. The van der Waals surface area contributed by atoms with E-state index in [0.29, 0.717) is 0 Å². The summed E-state index contributed by atoms with van der Waals surface area (Å²) in [5.41, 5.74) is 0.00611. The second-order valence-electron chi connectivity index (χ2n) is 3.88. The standard InChI is InChI=1S/C12H12Cl2O5S/c1-2-19-12(16)7-20(17,18)6-11(15)9-5-8(13)3-4-10(9)14/h3-5H,2,6-7H2,1H3. The topological polar surface area (TPSA) is 77.5 Å². The fraction of sp³-hybridized carbons (Fsp3) is 0.333. The zero-order valence-corrected chi connectivity index (χ0v) is 12.9. The van der Waals surface area contributed by atoms with Gasteiger partial charge in [-0.05, 0) is 25.1 Å². The molecule has 0 N–H and O–H groups in total. The Kier molecular flexibility index (Phi) is 5.98. The molecule has 20 heavy (non-hydrogen) atoms. The number of halogens is 2. The lowest BCUT2D eigenvalue weighted by Gasteiger charge is -2.06. The molecule has 0 heterocycles. The van der Waals surface area contributed by atoms with Crippen LogP contribution in [0.1, 0.15) is 17.3 Å². The van der Waals surface area contributed by atoms with E-state index in [9.17, 15) is 18.0 Å². The molecule has 1 aromatic carbocycles. The first-order chi connectivity index (χ1) is 9.25. The summed E-state index contributed by atoms with van der Waals surface area (Å²) in [7, 11) is -3.91. The van der Waals surface area contributed by atoms with Crippen molar-refractivity contribution in [2.75, 3.05) is 18.1 Å². The van der Waals surface area contributed by atoms with E-state index >= 15 is 0 Å². The fourth-order valence-electron chi connectivity index (χ4n) is 1.42. The number of Topliss-reactive ketones (excluding diaryl/α,β-unsaturated/α-hetero) is 1. The summed E-state index contributed by atoms with van der Waals surface area (Å²) in [5, 5.41) is 0.367. The SMILES string of the molecule is CCOC(=O)CS(=O)(=O)CC(=O)c1cc(Cl)ccc1Cl. The highest BCUT2D eigenvalue weighted by atomic mass is 35.5. The number of sulfone groups is 1. The Balaban J connectivity index is 2.84. The highest BCUT2D eigenvalue weighted by Gasteiger charge is 2.23. The predicted octanol–water partition coefficient (Wildman–Crippen LogP) is 2.15. The van der Waals surface area contributed by atoms with Crippen LogP contribution in [0.3, 0.4) is 0 Å². The lowest BCUT2D eigenvalue weighted by molar-refractivity contribution is -0.139. The number of esters is 1. The van der Waals surface area contributed by atoms with Gasteiger partial charge in [-0.25, -0.2) is 8.42 Å². The summed E-state index contributed by atoms with van der Waals surface area (Å²) in [6.07, 6.45) is 0. The first kappa shape index (κ1) is 16.9. The Morgan fingerprint density at radius 3 is 2.45 bits per heavy atom. The Morgan fingerprint density at radius 1 is 1.20 bits per heavy atom. The van der Waals surface area contributed by atoms with Crippen molar-refractivity contribution in [1.82, 2.24) is 0 Å². The lowest BCUT2D eigenvalue weighted by atomic mass is 10.1. The molecule has 0 aliphatic rings. The number of hydrogen-bond acceptors (Lipinski definition) is 5. The summed E-state index contributed by atoms with van der Waals surface area (Å²) in [5.74, 6) is -3.28. The molecule has 0 fully saturated rings. The van der Waals surface area contributed by atoms with Gasteiger partial charge in [-0.1, -0.05) is 23.2 Å². The lowest BCUT2D eigenvalue weighted by Crippen LogP contribution is -2.25. The number of benzene rings is 1. The third kappa shape index (κ3) is 5.11. The van der Waals surface area contributed by atoms with Crippen molar-refractivity contribution in [3.8, 4) is 0 Å². The maximum absolute atomic E-state index is 11.9. The van der Waals surface area contributed by atoms with Crippen molar-refractivity contribution < 1.29 is 22.7 Å². The minimum Gasteiger partial charge on any atom is -0.465 e. The van der Waals surface area contributed by atoms with Crippen LogP contribution in [0.5, 0.6) is 0 Å². The van der Waals surface area contributed by atoms with Crippen molar-refractivity contribution in [3.05, 3.63) is 33.8 Å². The highest BCUT2D eigenvalue weighted by Crippen LogP contribution is 2.21. The van der Waals surface area contributed by atoms with Crippen LogP contribution in [0.25, 0.3) is 0 Å². The molecule has 1 aromatic rings. The number of rotatable bonds is 6. The Labute approximate surface area is 126 Å². The zero-order valence-electron chi connectivity index (χ0n) is 10.6. The van der Waals surface area contributed by atoms with Gasteiger partial charge in [-0.15, -0.1) is 0 Å². The molecule has 5 nitrogen and oxygen atoms in total. The molecule has 0 saturated heterocycles. The van der Waals surface area contributed by atoms with Gasteiger partial charge in [0, 0.05) is 10.6 Å². The van der Waals surface area contributed by atoms with Gasteiger partial charge in [0.25, 0.3) is 0 Å². The zero-order chi connectivity index (χ0) is 15.3. The van der Waals surface area contributed by atoms with Gasteiger partial charge >= 0.3 is 5.97 Å². The summed E-state index contributed by atoms with van der Waals surface area (Å²) in [6.45, 7) is 1.63. The molecule has 0 aliphatic carbocycles. The van der Waals surface area contributed by atoms with Crippen molar-refractivity contribution in [3.63, 3.8) is 0 Å². The normalized spacial score (nSPS) is 11.2. The average Bonchev–Trinajstić information content (AvgIpc) is 2.30. The minimum atomic E-state index is -3.91. The van der Waals surface area contributed by atoms with Crippen LogP contribution in [0.2, 0.25) is 10.0 Å². The maximum atomic E-state index is 11.9. The van der Waals surface area contributed by atoms with Crippen LogP contribution >= 0.6 is 23.2 Å². The van der Waals surface area contributed by atoms with Gasteiger partial charge in [-0.3, -0.25) is 9.59 Å². The van der Waals surface area contributed by atoms with E-state index in [4.69, 9.17) is 23.2 Å². The molecule has 0 unspecified atom stereocenters. The number of carbonyl (C=O) groups excluding carboxylic acids is 2. The second-order valence-corrected chi connectivity index (χ2v) is 6.79. The molecule has 0 aliphatic heterocycles. The van der Waals surface area contributed by atoms with E-state index in [-0.39, 0.29) is 22.2 Å². The fourth-order valence-corrected chi connectivity index (χ4v) is 2.92. The van der Waals surface area contributed by atoms with Gasteiger partial charge in [-0.2, -0.15) is 0 Å². The summed E-state index contributed by atoms with van der Waals surface area (Å²) in [4.78, 5) is 23.0. The first-order valence-corrected chi connectivity index (χ1v) is 8.17. The van der Waals surface area contributed by atoms with Crippen molar-refractivity contribution >= 4 is 44.8 Å². The summed E-state index contributed by atoms with van der Waals surface area (Å²) >= 11 is 11.5. The highest BCUT2D eigenvalue weighted by molar-refractivity contribution is 7.92. The largest absolute Gasteiger partial charge is 0.465 e. The van der Waals surface area contributed by atoms with Crippen molar-refractivity contribution in [1.29, 1.82) is 0 Å². The maximum Gasteiger partial charge on any atom is 0.321 e. The average molecular weight is 339 g/mol. The Hall–Kier alpha value is -1.11. The van der Waals surface area contributed by atoms with Gasteiger partial charge in [0.05, 0.1) is 11.6 Å². The molecule has 1 rings (SSSR count). The molecule has 110 valence electrons. The number of hydrogen-bond donors (Lipinski definition) is 0. The smallest absolute Gasteiger partial charge is 0.321 e. The van der Waals surface area contributed by atoms with Crippen molar-refractivity contribution in [2.45, 2.75) is 6.92 Å². The van der Waals surface area contributed by atoms with E-state index in [2.05, 4.69) is 4.74 Å². The molecule has 0 radical (unpaired) electrons. The molecule has 0 saturated carbocycles. The van der Waals surface area contributed by atoms with Crippen LogP contribution < -0.4 is 0 Å². The van der Waals surface area contributed by atoms with Crippen molar-refractivity contribution in [2.24, 2.45) is 0 Å². The Bertz CT molecular complexity index is 625. The molecule has 0 bridgehead atoms. The van der Waals surface area contributed by atoms with Crippen LogP contribution in [0, 0.1) is 0 Å². The Morgan fingerprint density at radius 2 is 1.85 bits per heavy atom. The van der Waals surface area contributed by atoms with E-state index in [1.807, 2.05) is 0 Å². The predicted molar refractivity (Wildman–Crippen MR) is 76.1 cm³/mol. The third-order valence-corrected chi connectivity index (χ3v) is 4.17. The van der Waals surface area contributed by atoms with E-state index in [1.165, 1.54) is 18.2 Å². The monoisotopic (exact) mass is 338 g/mol. The van der Waals surface area contributed by atoms with E-state index in [1.54, 1.807) is 6.92 Å². The van der Waals surface area contributed by atoms with Gasteiger partial charge in [0.15, 0.2) is 15.6 Å². The van der Waals surface area contributed by atoms with Crippen LogP contribution in [0.4, 0.5) is 0 Å². The van der Waals surface area contributed by atoms with E-state index < -0.39 is 33.1 Å². The quantitative estimate of drug-likeness (QED) is 0.586. The summed E-state index contributed by atoms with van der Waals surface area (Å²) in [6, 6.07) is 4.16. The van der Waals surface area contributed by atoms with E-state index in [0.717, 1.165) is 0 Å². The second kappa shape index (κ2) is 7.06. The molecular formula is C12H12Cl2O5S. The van der Waals surface area contributed by atoms with Crippen LogP contribution in [0.15, 0.2) is 18.2 Å². The van der Waals surface area contributed by atoms with Gasteiger partial charge in [0.2, 0.25) is 0 Å².